The van der Waals surface area contributed by atoms with E-state index >= 15 is 0 Å². The van der Waals surface area contributed by atoms with Crippen molar-refractivity contribution in [1.29, 1.82) is 0 Å². The largest absolute Gasteiger partial charge is 0.472 e. The van der Waals surface area contributed by atoms with E-state index in [1.807, 2.05) is 25.1 Å². The monoisotopic (exact) mass is 548 g/mol. The molecule has 1 aromatic heterocycles. The van der Waals surface area contributed by atoms with Gasteiger partial charge in [0, 0.05) is 44.7 Å². The van der Waals surface area contributed by atoms with E-state index in [1.54, 1.807) is 18.3 Å². The summed E-state index contributed by atoms with van der Waals surface area (Å²) in [6.07, 6.45) is -5.39. The lowest BCUT2D eigenvalue weighted by atomic mass is 10.0. The van der Waals surface area contributed by atoms with Crippen molar-refractivity contribution < 1.29 is 27.9 Å². The maximum atomic E-state index is 12.9. The highest BCUT2D eigenvalue weighted by Gasteiger charge is 2.34. The first-order chi connectivity index (χ1) is 18.1. The van der Waals surface area contributed by atoms with Gasteiger partial charge in [-0.3, -0.25) is 9.80 Å². The maximum absolute atomic E-state index is 12.9. The Kier molecular flexibility index (Phi) is 7.63. The number of aliphatic hydroxyl groups is 1. The molecule has 0 bridgehead atoms. The number of alkyl halides is 3. The Balaban J connectivity index is 1.16. The lowest BCUT2D eigenvalue weighted by Crippen LogP contribution is -2.59. The van der Waals surface area contributed by atoms with Crippen LogP contribution in [0.25, 0.3) is 10.2 Å². The molecule has 11 heteroatoms. The van der Waals surface area contributed by atoms with E-state index in [2.05, 4.69) is 26.9 Å². The van der Waals surface area contributed by atoms with Gasteiger partial charge in [0.2, 0.25) is 0 Å². The summed E-state index contributed by atoms with van der Waals surface area (Å²) in [5.41, 5.74) is 1.76. The Hall–Kier alpha value is -2.73. The molecule has 2 aliphatic rings. The Morgan fingerprint density at radius 1 is 1.18 bits per heavy atom. The average molecular weight is 549 g/mol. The first kappa shape index (κ1) is 26.9. The SMILES string of the molecule is Cc1nc2cc(OC(C(C)O)N3CCN(CC4=NOC(c5ccc(C(F)(F)F)cc5)C4)[C@@H](C)C3)ccc2s1. The van der Waals surface area contributed by atoms with E-state index in [1.165, 1.54) is 12.1 Å². The number of thiazole rings is 1. The molecular formula is C27H31F3N4O3S. The van der Waals surface area contributed by atoms with Gasteiger partial charge in [-0.2, -0.15) is 13.2 Å². The van der Waals surface area contributed by atoms with Crippen LogP contribution in [0.2, 0.25) is 0 Å². The zero-order valence-electron chi connectivity index (χ0n) is 21.5. The number of benzene rings is 2. The molecule has 3 aromatic rings. The second-order valence-electron chi connectivity index (χ2n) is 10.0. The molecule has 0 amide bonds. The molecule has 5 rings (SSSR count). The molecule has 1 fully saturated rings. The van der Waals surface area contributed by atoms with Crippen LogP contribution in [0.5, 0.6) is 5.75 Å². The van der Waals surface area contributed by atoms with Gasteiger partial charge in [-0.25, -0.2) is 4.98 Å². The lowest BCUT2D eigenvalue weighted by molar-refractivity contribution is -0.137. The fourth-order valence-electron chi connectivity index (χ4n) is 5.02. The number of ether oxygens (including phenoxy) is 1. The second kappa shape index (κ2) is 10.8. The molecule has 0 spiro atoms. The number of aliphatic hydroxyl groups excluding tert-OH is 1. The number of nitrogens with zero attached hydrogens (tertiary/aromatic N) is 4. The van der Waals surface area contributed by atoms with Gasteiger partial charge in [0.25, 0.3) is 0 Å². The van der Waals surface area contributed by atoms with Gasteiger partial charge in [-0.05, 0) is 50.6 Å². The van der Waals surface area contributed by atoms with Gasteiger partial charge in [-0.15, -0.1) is 11.3 Å². The van der Waals surface area contributed by atoms with Crippen LogP contribution in [0.1, 0.15) is 42.5 Å². The molecule has 0 aliphatic carbocycles. The summed E-state index contributed by atoms with van der Waals surface area (Å²) in [4.78, 5) is 14.5. The third-order valence-corrected chi connectivity index (χ3v) is 7.97. The van der Waals surface area contributed by atoms with Crippen LogP contribution < -0.4 is 4.74 Å². The Morgan fingerprint density at radius 3 is 2.63 bits per heavy atom. The van der Waals surface area contributed by atoms with Gasteiger partial charge < -0.3 is 14.7 Å². The number of fused-ring (bicyclic) bond motifs is 1. The number of halogens is 3. The number of hydrogen-bond acceptors (Lipinski definition) is 8. The Bertz CT molecular complexity index is 1290. The van der Waals surface area contributed by atoms with E-state index in [0.717, 1.165) is 39.6 Å². The van der Waals surface area contributed by atoms with Crippen LogP contribution in [-0.4, -0.2) is 70.2 Å². The molecule has 1 saturated heterocycles. The highest BCUT2D eigenvalue weighted by Crippen LogP contribution is 2.33. The predicted molar refractivity (Wildman–Crippen MR) is 140 cm³/mol. The number of rotatable bonds is 7. The predicted octanol–water partition coefficient (Wildman–Crippen LogP) is 5.23. The van der Waals surface area contributed by atoms with Crippen LogP contribution >= 0.6 is 11.3 Å². The van der Waals surface area contributed by atoms with Crippen molar-refractivity contribution >= 4 is 27.3 Å². The third kappa shape index (κ3) is 5.96. The van der Waals surface area contributed by atoms with Gasteiger partial charge in [-0.1, -0.05) is 17.3 Å². The molecular weight excluding hydrogens is 517 g/mol. The summed E-state index contributed by atoms with van der Waals surface area (Å²) in [6.45, 7) is 8.61. The molecule has 38 heavy (non-hydrogen) atoms. The van der Waals surface area contributed by atoms with Crippen LogP contribution in [0.4, 0.5) is 13.2 Å². The first-order valence-corrected chi connectivity index (χ1v) is 13.5. The van der Waals surface area contributed by atoms with E-state index in [4.69, 9.17) is 9.57 Å². The van der Waals surface area contributed by atoms with Crippen LogP contribution in [0.3, 0.4) is 0 Å². The van der Waals surface area contributed by atoms with Gasteiger partial charge in [0.15, 0.2) is 12.3 Å². The van der Waals surface area contributed by atoms with E-state index in [-0.39, 0.29) is 12.1 Å². The summed E-state index contributed by atoms with van der Waals surface area (Å²) in [7, 11) is 0. The molecule has 2 aromatic carbocycles. The van der Waals surface area contributed by atoms with Crippen molar-refractivity contribution in [3.8, 4) is 5.75 Å². The zero-order valence-corrected chi connectivity index (χ0v) is 22.3. The molecule has 0 saturated carbocycles. The molecule has 204 valence electrons. The second-order valence-corrected chi connectivity index (χ2v) is 11.2. The molecule has 3 heterocycles. The molecule has 7 nitrogen and oxygen atoms in total. The quantitative estimate of drug-likeness (QED) is 0.436. The fourth-order valence-corrected chi connectivity index (χ4v) is 5.83. The smallest absolute Gasteiger partial charge is 0.416 e. The summed E-state index contributed by atoms with van der Waals surface area (Å²) in [6, 6.07) is 11.1. The third-order valence-electron chi connectivity index (χ3n) is 7.02. The van der Waals surface area contributed by atoms with Crippen molar-refractivity contribution in [3.63, 3.8) is 0 Å². The van der Waals surface area contributed by atoms with Gasteiger partial charge in [0.05, 0.1) is 26.5 Å². The molecule has 2 aliphatic heterocycles. The molecule has 4 atom stereocenters. The molecule has 1 N–H and O–H groups in total. The van der Waals surface area contributed by atoms with Crippen LogP contribution in [0.15, 0.2) is 47.6 Å². The fraction of sp³-hybridized carbons (Fsp3) is 0.481. The zero-order chi connectivity index (χ0) is 27.0. The summed E-state index contributed by atoms with van der Waals surface area (Å²) >= 11 is 1.64. The molecule has 3 unspecified atom stereocenters. The highest BCUT2D eigenvalue weighted by molar-refractivity contribution is 7.18. The lowest BCUT2D eigenvalue weighted by Gasteiger charge is -2.43. The minimum absolute atomic E-state index is 0.171. The summed E-state index contributed by atoms with van der Waals surface area (Å²) in [5.74, 6) is 0.676. The number of aromatic nitrogens is 1. The minimum Gasteiger partial charge on any atom is -0.472 e. The van der Waals surface area contributed by atoms with Crippen molar-refractivity contribution in [2.45, 2.75) is 57.8 Å². The minimum atomic E-state index is -4.36. The topological polar surface area (TPSA) is 70.4 Å². The maximum Gasteiger partial charge on any atom is 0.416 e. The number of hydrogen-bond donors (Lipinski definition) is 1. The van der Waals surface area contributed by atoms with E-state index < -0.39 is 24.1 Å². The Labute approximate surface area is 223 Å². The normalized spacial score (nSPS) is 22.8. The number of piperazine rings is 1. The Morgan fingerprint density at radius 2 is 1.95 bits per heavy atom. The molecule has 0 radical (unpaired) electrons. The van der Waals surface area contributed by atoms with Gasteiger partial charge in [0.1, 0.15) is 11.9 Å². The number of oxime groups is 1. The van der Waals surface area contributed by atoms with Crippen molar-refractivity contribution in [1.82, 2.24) is 14.8 Å². The van der Waals surface area contributed by atoms with Crippen LogP contribution in [0, 0.1) is 6.92 Å². The summed E-state index contributed by atoms with van der Waals surface area (Å²) < 4.78 is 45.9. The standard InChI is InChI=1S/C27H31F3N4O3S/c1-16-14-34(26(17(2)35)36-22-8-9-25-23(13-22)31-18(3)38-25)11-10-33(16)15-21-12-24(37-32-21)19-4-6-20(7-5-19)27(28,29)30/h4-9,13,16-17,24,26,35H,10-12,14-15H2,1-3H3/t16-,17?,24?,26?/m0/s1. The van der Waals surface area contributed by atoms with Crippen molar-refractivity contribution in [3.05, 3.63) is 58.6 Å². The number of aryl methyl sites for hydroxylation is 1. The van der Waals surface area contributed by atoms with E-state index in [0.29, 0.717) is 37.4 Å². The van der Waals surface area contributed by atoms with Crippen molar-refractivity contribution in [2.75, 3.05) is 26.2 Å². The van der Waals surface area contributed by atoms with E-state index in [9.17, 15) is 18.3 Å². The average Bonchev–Trinajstić information content (AvgIpc) is 3.48. The highest BCUT2D eigenvalue weighted by atomic mass is 32.1. The first-order valence-electron chi connectivity index (χ1n) is 12.7. The van der Waals surface area contributed by atoms with Crippen LogP contribution in [-0.2, 0) is 11.0 Å². The summed E-state index contributed by atoms with van der Waals surface area (Å²) in [5, 5.41) is 15.8. The van der Waals surface area contributed by atoms with Gasteiger partial charge >= 0.3 is 6.18 Å². The van der Waals surface area contributed by atoms with Crippen molar-refractivity contribution in [2.24, 2.45) is 5.16 Å².